The molecule has 0 saturated carbocycles. The summed E-state index contributed by atoms with van der Waals surface area (Å²) in [5, 5.41) is 0.413. The quantitative estimate of drug-likeness (QED) is 0.246. The van der Waals surface area contributed by atoms with Gasteiger partial charge in [0.1, 0.15) is 6.29 Å². The second-order valence-electron chi connectivity index (χ2n) is 10.6. The van der Waals surface area contributed by atoms with Crippen LogP contribution in [0.5, 0.6) is 0 Å². The van der Waals surface area contributed by atoms with Crippen LogP contribution in [0.2, 0.25) is 36.3 Å². The molecule has 0 fully saturated rings. The summed E-state index contributed by atoms with van der Waals surface area (Å²) in [6, 6.07) is 0. The SMILES string of the molecule is C[C@@H](CO[Si](C)(C)C(C)(C)C)[C@H](CCCC=O)O[Si](C)(C)C(C)(C)C. The van der Waals surface area contributed by atoms with E-state index in [1.165, 1.54) is 0 Å². The maximum absolute atomic E-state index is 10.7. The van der Waals surface area contributed by atoms with Gasteiger partial charge in [-0.3, -0.25) is 0 Å². The Kier molecular flexibility index (Phi) is 9.30. The first-order chi connectivity index (χ1) is 11.0. The van der Waals surface area contributed by atoms with E-state index >= 15 is 0 Å². The van der Waals surface area contributed by atoms with E-state index in [2.05, 4.69) is 74.7 Å². The Hall–Kier alpha value is 0.0238. The lowest BCUT2D eigenvalue weighted by Gasteiger charge is -2.42. The van der Waals surface area contributed by atoms with Crippen molar-refractivity contribution < 1.29 is 13.6 Å². The molecule has 0 amide bonds. The van der Waals surface area contributed by atoms with Gasteiger partial charge in [-0.15, -0.1) is 0 Å². The molecule has 0 aromatic carbocycles. The molecule has 5 heteroatoms. The molecule has 0 unspecified atom stereocenters. The van der Waals surface area contributed by atoms with Gasteiger partial charge >= 0.3 is 0 Å². The second kappa shape index (κ2) is 9.29. The standard InChI is InChI=1S/C20H44O3Si2/c1-17(16-22-24(8,9)19(2,3)4)18(14-12-13-15-21)23-25(10,11)20(5,6)7/h15,17-18H,12-14,16H2,1-11H3/t17-,18-/m0/s1. The molecule has 0 aromatic rings. The van der Waals surface area contributed by atoms with Gasteiger partial charge in [-0.1, -0.05) is 48.5 Å². The maximum Gasteiger partial charge on any atom is 0.192 e. The van der Waals surface area contributed by atoms with Crippen molar-refractivity contribution in [3.8, 4) is 0 Å². The van der Waals surface area contributed by atoms with Crippen molar-refractivity contribution in [3.63, 3.8) is 0 Å². The first-order valence-corrected chi connectivity index (χ1v) is 15.6. The van der Waals surface area contributed by atoms with Crippen LogP contribution < -0.4 is 0 Å². The van der Waals surface area contributed by atoms with E-state index in [4.69, 9.17) is 8.85 Å². The van der Waals surface area contributed by atoms with Crippen LogP contribution >= 0.6 is 0 Å². The number of carbonyl (C=O) groups is 1. The average Bonchev–Trinajstić information content (AvgIpc) is 2.41. The highest BCUT2D eigenvalue weighted by atomic mass is 28.4. The first-order valence-electron chi connectivity index (χ1n) is 9.80. The predicted octanol–water partition coefficient (Wildman–Crippen LogP) is 6.40. The summed E-state index contributed by atoms with van der Waals surface area (Å²) in [7, 11) is -3.58. The molecular formula is C20H44O3Si2. The molecule has 150 valence electrons. The predicted molar refractivity (Wildman–Crippen MR) is 114 cm³/mol. The summed E-state index contributed by atoms with van der Waals surface area (Å²) < 4.78 is 13.2. The van der Waals surface area contributed by atoms with Gasteiger partial charge in [-0.25, -0.2) is 0 Å². The molecule has 0 spiro atoms. The van der Waals surface area contributed by atoms with Crippen LogP contribution in [0.1, 0.15) is 67.7 Å². The van der Waals surface area contributed by atoms with Gasteiger partial charge in [-0.05, 0) is 49.1 Å². The van der Waals surface area contributed by atoms with Crippen LogP contribution in [-0.2, 0) is 13.6 Å². The Bertz CT molecular complexity index is 406. The lowest BCUT2D eigenvalue weighted by atomic mass is 10.0. The van der Waals surface area contributed by atoms with Crippen LogP contribution in [0.4, 0.5) is 0 Å². The van der Waals surface area contributed by atoms with E-state index < -0.39 is 16.6 Å². The third-order valence-corrected chi connectivity index (χ3v) is 15.2. The highest BCUT2D eigenvalue weighted by molar-refractivity contribution is 6.74. The van der Waals surface area contributed by atoms with Gasteiger partial charge in [-0.2, -0.15) is 0 Å². The topological polar surface area (TPSA) is 35.5 Å². The minimum atomic E-state index is -1.84. The molecule has 0 aliphatic heterocycles. The maximum atomic E-state index is 10.7. The molecule has 0 aliphatic rings. The second-order valence-corrected chi connectivity index (χ2v) is 20.1. The van der Waals surface area contributed by atoms with Crippen LogP contribution in [0.25, 0.3) is 0 Å². The number of unbranched alkanes of at least 4 members (excludes halogenated alkanes) is 1. The smallest absolute Gasteiger partial charge is 0.192 e. The van der Waals surface area contributed by atoms with Crippen molar-refractivity contribution in [2.45, 2.75) is 110 Å². The fraction of sp³-hybridized carbons (Fsp3) is 0.950. The van der Waals surface area contributed by atoms with Crippen molar-refractivity contribution in [2.24, 2.45) is 5.92 Å². The average molecular weight is 389 g/mol. The molecule has 0 saturated heterocycles. The third kappa shape index (κ3) is 8.06. The van der Waals surface area contributed by atoms with Crippen LogP contribution in [0, 0.1) is 5.92 Å². The fourth-order valence-electron chi connectivity index (χ4n) is 2.08. The summed E-state index contributed by atoms with van der Waals surface area (Å²) >= 11 is 0. The number of hydrogen-bond acceptors (Lipinski definition) is 3. The lowest BCUT2D eigenvalue weighted by Crippen LogP contribution is -2.47. The monoisotopic (exact) mass is 388 g/mol. The minimum Gasteiger partial charge on any atom is -0.416 e. The third-order valence-electron chi connectivity index (χ3n) is 6.21. The molecule has 0 rings (SSSR count). The highest BCUT2D eigenvalue weighted by Crippen LogP contribution is 2.40. The van der Waals surface area contributed by atoms with Crippen molar-refractivity contribution >= 4 is 22.9 Å². The Labute approximate surface area is 159 Å². The molecule has 0 aliphatic carbocycles. The Morgan fingerprint density at radius 1 is 0.920 bits per heavy atom. The first kappa shape index (κ1) is 25.0. The van der Waals surface area contributed by atoms with E-state index in [1.807, 2.05) is 0 Å². The zero-order valence-corrected chi connectivity index (χ0v) is 20.8. The van der Waals surface area contributed by atoms with Crippen LogP contribution in [0.15, 0.2) is 0 Å². The summed E-state index contributed by atoms with van der Waals surface area (Å²) in [6.45, 7) is 25.9. The van der Waals surface area contributed by atoms with E-state index in [-0.39, 0.29) is 16.2 Å². The van der Waals surface area contributed by atoms with Gasteiger partial charge in [0.25, 0.3) is 0 Å². The summed E-state index contributed by atoms with van der Waals surface area (Å²) in [5.41, 5.74) is 0. The molecule has 0 N–H and O–H groups in total. The van der Waals surface area contributed by atoms with Crippen molar-refractivity contribution in [2.75, 3.05) is 6.61 Å². The van der Waals surface area contributed by atoms with Gasteiger partial charge in [0, 0.05) is 25.0 Å². The molecular weight excluding hydrogens is 344 g/mol. The molecule has 0 aromatic heterocycles. The lowest BCUT2D eigenvalue weighted by molar-refractivity contribution is -0.108. The largest absolute Gasteiger partial charge is 0.416 e. The molecule has 2 atom stereocenters. The van der Waals surface area contributed by atoms with Crippen molar-refractivity contribution in [1.29, 1.82) is 0 Å². The number of carbonyl (C=O) groups excluding carboxylic acids is 1. The zero-order chi connectivity index (χ0) is 20.1. The number of rotatable bonds is 10. The normalized spacial score (nSPS) is 16.6. The Balaban J connectivity index is 5.05. The number of aldehydes is 1. The Morgan fingerprint density at radius 3 is 1.80 bits per heavy atom. The van der Waals surface area contributed by atoms with Gasteiger partial charge < -0.3 is 13.6 Å². The van der Waals surface area contributed by atoms with E-state index in [0.717, 1.165) is 25.7 Å². The van der Waals surface area contributed by atoms with Crippen molar-refractivity contribution in [3.05, 3.63) is 0 Å². The van der Waals surface area contributed by atoms with Crippen LogP contribution in [0.3, 0.4) is 0 Å². The minimum absolute atomic E-state index is 0.172. The van der Waals surface area contributed by atoms with E-state index in [9.17, 15) is 4.79 Å². The summed E-state index contributed by atoms with van der Waals surface area (Å²) in [5.74, 6) is 0.343. The van der Waals surface area contributed by atoms with Gasteiger partial charge in [0.2, 0.25) is 0 Å². The summed E-state index contributed by atoms with van der Waals surface area (Å²) in [4.78, 5) is 10.7. The number of hydrogen-bond donors (Lipinski definition) is 0. The van der Waals surface area contributed by atoms with Crippen LogP contribution in [-0.4, -0.2) is 35.6 Å². The van der Waals surface area contributed by atoms with Gasteiger partial charge in [0.05, 0.1) is 0 Å². The highest BCUT2D eigenvalue weighted by Gasteiger charge is 2.41. The molecule has 0 radical (unpaired) electrons. The Morgan fingerprint density at radius 2 is 1.40 bits per heavy atom. The molecule has 25 heavy (non-hydrogen) atoms. The van der Waals surface area contributed by atoms with E-state index in [0.29, 0.717) is 12.3 Å². The molecule has 3 nitrogen and oxygen atoms in total. The van der Waals surface area contributed by atoms with Gasteiger partial charge in [0.15, 0.2) is 16.6 Å². The fourth-order valence-corrected chi connectivity index (χ4v) is 4.65. The van der Waals surface area contributed by atoms with E-state index in [1.54, 1.807) is 0 Å². The summed E-state index contributed by atoms with van der Waals surface area (Å²) in [6.07, 6.45) is 3.64. The molecule has 0 heterocycles. The molecule has 0 bridgehead atoms. The zero-order valence-electron chi connectivity index (χ0n) is 18.8. The van der Waals surface area contributed by atoms with Crippen molar-refractivity contribution in [1.82, 2.24) is 0 Å².